The molecule has 0 atom stereocenters. The summed E-state index contributed by atoms with van der Waals surface area (Å²) in [6, 6.07) is 8.19. The van der Waals surface area contributed by atoms with E-state index in [1.165, 1.54) is 11.9 Å². The highest BCUT2D eigenvalue weighted by Gasteiger charge is 2.08. The first-order valence-electron chi connectivity index (χ1n) is 5.52. The molecule has 0 aliphatic heterocycles. The van der Waals surface area contributed by atoms with Gasteiger partial charge in [0.25, 0.3) is 0 Å². The van der Waals surface area contributed by atoms with Crippen LogP contribution in [0.4, 0.5) is 0 Å². The Hall–Kier alpha value is -2.21. The summed E-state index contributed by atoms with van der Waals surface area (Å²) in [6.45, 7) is 4.23. The molecule has 1 heterocycles. The standard InChI is InChI=1S/C14H13N3/c1-10(2)11-3-4-14(12(5-11)6-15)13-7-16-9-17-8-13/h3-5,7-10H,1-2H3. The van der Waals surface area contributed by atoms with Gasteiger partial charge in [0.1, 0.15) is 6.33 Å². The number of nitrogens with zero attached hydrogens (tertiary/aromatic N) is 3. The van der Waals surface area contributed by atoms with Crippen LogP contribution >= 0.6 is 0 Å². The molecule has 0 saturated heterocycles. The number of benzene rings is 1. The van der Waals surface area contributed by atoms with Crippen molar-refractivity contribution in [3.8, 4) is 17.2 Å². The summed E-state index contributed by atoms with van der Waals surface area (Å²) in [6.07, 6.45) is 4.93. The topological polar surface area (TPSA) is 49.6 Å². The molecule has 2 aromatic rings. The molecule has 0 amide bonds. The maximum atomic E-state index is 9.20. The van der Waals surface area contributed by atoms with Gasteiger partial charge in [-0.2, -0.15) is 5.26 Å². The van der Waals surface area contributed by atoms with E-state index in [9.17, 15) is 5.26 Å². The number of hydrogen-bond donors (Lipinski definition) is 0. The number of hydrogen-bond acceptors (Lipinski definition) is 3. The molecule has 84 valence electrons. The molecule has 0 spiro atoms. The molecule has 0 bridgehead atoms. The predicted molar refractivity (Wildman–Crippen MR) is 66.3 cm³/mol. The van der Waals surface area contributed by atoms with Crippen molar-refractivity contribution in [2.45, 2.75) is 19.8 Å². The Kier molecular flexibility index (Phi) is 3.15. The first-order chi connectivity index (χ1) is 8.22. The molecular formula is C14H13N3. The molecule has 2 rings (SSSR count). The highest BCUT2D eigenvalue weighted by atomic mass is 14.8. The van der Waals surface area contributed by atoms with Crippen LogP contribution < -0.4 is 0 Å². The van der Waals surface area contributed by atoms with Crippen LogP contribution in [0.1, 0.15) is 30.9 Å². The second-order valence-electron chi connectivity index (χ2n) is 4.20. The third kappa shape index (κ3) is 2.31. The van der Waals surface area contributed by atoms with E-state index < -0.39 is 0 Å². The van der Waals surface area contributed by atoms with Crippen molar-refractivity contribution in [2.24, 2.45) is 0 Å². The monoisotopic (exact) mass is 223 g/mol. The molecule has 1 aromatic heterocycles. The minimum absolute atomic E-state index is 0.420. The zero-order valence-electron chi connectivity index (χ0n) is 9.88. The van der Waals surface area contributed by atoms with Gasteiger partial charge in [-0.15, -0.1) is 0 Å². The highest BCUT2D eigenvalue weighted by molar-refractivity contribution is 5.69. The lowest BCUT2D eigenvalue weighted by molar-refractivity contribution is 0.866. The van der Waals surface area contributed by atoms with Gasteiger partial charge in [-0.05, 0) is 17.5 Å². The van der Waals surface area contributed by atoms with Gasteiger partial charge in [0, 0.05) is 23.5 Å². The van der Waals surface area contributed by atoms with Crippen LogP contribution in [-0.4, -0.2) is 9.97 Å². The lowest BCUT2D eigenvalue weighted by Crippen LogP contribution is -1.92. The fourth-order valence-corrected chi connectivity index (χ4v) is 1.70. The van der Waals surface area contributed by atoms with Crippen molar-refractivity contribution in [1.82, 2.24) is 9.97 Å². The van der Waals surface area contributed by atoms with Gasteiger partial charge in [0.05, 0.1) is 11.6 Å². The third-order valence-electron chi connectivity index (χ3n) is 2.70. The fourth-order valence-electron chi connectivity index (χ4n) is 1.70. The second kappa shape index (κ2) is 4.75. The van der Waals surface area contributed by atoms with Gasteiger partial charge in [0.15, 0.2) is 0 Å². The van der Waals surface area contributed by atoms with Crippen LogP contribution in [0.2, 0.25) is 0 Å². The van der Waals surface area contributed by atoms with Gasteiger partial charge in [0.2, 0.25) is 0 Å². The van der Waals surface area contributed by atoms with E-state index in [2.05, 4.69) is 29.9 Å². The minimum atomic E-state index is 0.420. The molecule has 3 heteroatoms. The highest BCUT2D eigenvalue weighted by Crippen LogP contribution is 2.25. The number of nitriles is 1. The van der Waals surface area contributed by atoms with Crippen molar-refractivity contribution in [2.75, 3.05) is 0 Å². The third-order valence-corrected chi connectivity index (χ3v) is 2.70. The maximum absolute atomic E-state index is 9.20. The number of aromatic nitrogens is 2. The molecule has 0 fully saturated rings. The Labute approximate surface area is 101 Å². The first kappa shape index (κ1) is 11.3. The van der Waals surface area contributed by atoms with Crippen molar-refractivity contribution >= 4 is 0 Å². The molecule has 0 saturated carbocycles. The van der Waals surface area contributed by atoms with E-state index in [1.54, 1.807) is 12.4 Å². The van der Waals surface area contributed by atoms with Crippen molar-refractivity contribution < 1.29 is 0 Å². The summed E-state index contributed by atoms with van der Waals surface area (Å²) in [5, 5.41) is 9.20. The van der Waals surface area contributed by atoms with E-state index in [1.807, 2.05) is 18.2 Å². The zero-order valence-corrected chi connectivity index (χ0v) is 9.88. The van der Waals surface area contributed by atoms with E-state index in [-0.39, 0.29) is 0 Å². The summed E-state index contributed by atoms with van der Waals surface area (Å²) in [4.78, 5) is 7.95. The van der Waals surface area contributed by atoms with Gasteiger partial charge in [-0.1, -0.05) is 26.0 Å². The molecule has 17 heavy (non-hydrogen) atoms. The van der Waals surface area contributed by atoms with Crippen LogP contribution in [0.15, 0.2) is 36.9 Å². The van der Waals surface area contributed by atoms with Crippen LogP contribution in [0.5, 0.6) is 0 Å². The summed E-state index contributed by atoms with van der Waals surface area (Å²) >= 11 is 0. The van der Waals surface area contributed by atoms with Gasteiger partial charge in [-0.25, -0.2) is 9.97 Å². The van der Waals surface area contributed by atoms with Crippen LogP contribution in [0.25, 0.3) is 11.1 Å². The molecule has 1 aromatic carbocycles. The van der Waals surface area contributed by atoms with Gasteiger partial charge >= 0.3 is 0 Å². The van der Waals surface area contributed by atoms with Crippen molar-refractivity contribution in [3.05, 3.63) is 48.0 Å². The van der Waals surface area contributed by atoms with Crippen LogP contribution in [0.3, 0.4) is 0 Å². The van der Waals surface area contributed by atoms with Gasteiger partial charge in [-0.3, -0.25) is 0 Å². The van der Waals surface area contributed by atoms with Crippen LogP contribution in [-0.2, 0) is 0 Å². The van der Waals surface area contributed by atoms with Crippen molar-refractivity contribution in [3.63, 3.8) is 0 Å². The Balaban J connectivity index is 2.54. The molecular weight excluding hydrogens is 210 g/mol. The number of rotatable bonds is 2. The van der Waals surface area contributed by atoms with Crippen molar-refractivity contribution in [1.29, 1.82) is 5.26 Å². The summed E-state index contributed by atoms with van der Waals surface area (Å²) in [7, 11) is 0. The SMILES string of the molecule is CC(C)c1ccc(-c2cncnc2)c(C#N)c1. The molecule has 0 radical (unpaired) electrons. The fraction of sp³-hybridized carbons (Fsp3) is 0.214. The lowest BCUT2D eigenvalue weighted by Gasteiger charge is -2.09. The van der Waals surface area contributed by atoms with E-state index in [4.69, 9.17) is 0 Å². The molecule has 0 aliphatic carbocycles. The minimum Gasteiger partial charge on any atom is -0.244 e. The summed E-state index contributed by atoms with van der Waals surface area (Å²) in [5.41, 5.74) is 3.60. The average Bonchev–Trinajstić information content (AvgIpc) is 2.39. The Morgan fingerprint density at radius 1 is 1.18 bits per heavy atom. The summed E-state index contributed by atoms with van der Waals surface area (Å²) in [5.74, 6) is 0.420. The zero-order chi connectivity index (χ0) is 12.3. The largest absolute Gasteiger partial charge is 0.244 e. The van der Waals surface area contributed by atoms with Crippen LogP contribution in [0, 0.1) is 11.3 Å². The summed E-state index contributed by atoms with van der Waals surface area (Å²) < 4.78 is 0. The average molecular weight is 223 g/mol. The molecule has 3 nitrogen and oxygen atoms in total. The van der Waals surface area contributed by atoms with E-state index >= 15 is 0 Å². The van der Waals surface area contributed by atoms with E-state index in [0.29, 0.717) is 11.5 Å². The first-order valence-corrected chi connectivity index (χ1v) is 5.52. The normalized spacial score (nSPS) is 10.2. The Morgan fingerprint density at radius 2 is 1.88 bits per heavy atom. The predicted octanol–water partition coefficient (Wildman–Crippen LogP) is 3.14. The Bertz CT molecular complexity index is 553. The quantitative estimate of drug-likeness (QED) is 0.785. The Morgan fingerprint density at radius 3 is 2.47 bits per heavy atom. The second-order valence-corrected chi connectivity index (χ2v) is 4.20. The molecule has 0 N–H and O–H groups in total. The lowest BCUT2D eigenvalue weighted by atomic mass is 9.95. The van der Waals surface area contributed by atoms with E-state index in [0.717, 1.165) is 11.1 Å². The van der Waals surface area contributed by atoms with Gasteiger partial charge < -0.3 is 0 Å². The molecule has 0 unspecified atom stereocenters. The smallest absolute Gasteiger partial charge is 0.115 e. The maximum Gasteiger partial charge on any atom is 0.115 e. The molecule has 0 aliphatic rings.